The van der Waals surface area contributed by atoms with E-state index in [4.69, 9.17) is 4.98 Å². The Balaban J connectivity index is 1.73. The molecule has 0 saturated carbocycles. The van der Waals surface area contributed by atoms with Crippen molar-refractivity contribution in [3.8, 4) is 0 Å². The molecule has 4 rings (SSSR count). The molecule has 1 saturated heterocycles. The van der Waals surface area contributed by atoms with E-state index in [-0.39, 0.29) is 5.91 Å². The first-order chi connectivity index (χ1) is 12.9. The molecule has 0 radical (unpaired) electrons. The lowest BCUT2D eigenvalue weighted by molar-refractivity contribution is 0.103. The molecule has 1 aliphatic rings. The largest absolute Gasteiger partial charge is 0.356 e. The summed E-state index contributed by atoms with van der Waals surface area (Å²) in [4.78, 5) is 26.2. The normalized spacial score (nSPS) is 14.1. The van der Waals surface area contributed by atoms with Gasteiger partial charge < -0.3 is 10.2 Å². The van der Waals surface area contributed by atoms with E-state index in [0.717, 1.165) is 46.2 Å². The predicted octanol–water partition coefficient (Wildman–Crippen LogP) is 4.78. The zero-order chi connectivity index (χ0) is 19.1. The Morgan fingerprint density at radius 3 is 2.52 bits per heavy atom. The maximum Gasteiger partial charge on any atom is 0.266 e. The summed E-state index contributed by atoms with van der Waals surface area (Å²) in [5, 5.41) is 4.07. The molecule has 3 aromatic rings. The summed E-state index contributed by atoms with van der Waals surface area (Å²) in [6.45, 7) is 10.1. The van der Waals surface area contributed by atoms with E-state index < -0.39 is 0 Å². The molecule has 0 unspecified atom stereocenters. The molecule has 1 aromatic carbocycles. The third kappa shape index (κ3) is 3.30. The van der Waals surface area contributed by atoms with Crippen LogP contribution in [0.4, 0.5) is 11.5 Å². The standard InChI is InChI=1S/C21H24N4OS/c1-12-7-8-16(11-13(12)2)24-20(26)18-14(3)17-19(25-9-5-6-10-25)22-15(4)23-21(17)27-18/h7-8,11H,5-6,9-10H2,1-4H3,(H,24,26). The van der Waals surface area contributed by atoms with Gasteiger partial charge in [0.25, 0.3) is 5.91 Å². The van der Waals surface area contributed by atoms with E-state index in [1.807, 2.05) is 32.0 Å². The van der Waals surface area contributed by atoms with Crippen LogP contribution in [0.5, 0.6) is 0 Å². The highest BCUT2D eigenvalue weighted by Crippen LogP contribution is 2.36. The number of hydrogen-bond donors (Lipinski definition) is 1. The molecule has 1 fully saturated rings. The quantitative estimate of drug-likeness (QED) is 0.710. The lowest BCUT2D eigenvalue weighted by Gasteiger charge is -2.18. The van der Waals surface area contributed by atoms with Crippen LogP contribution in [0.1, 0.15) is 45.0 Å². The van der Waals surface area contributed by atoms with Gasteiger partial charge in [-0.1, -0.05) is 6.07 Å². The van der Waals surface area contributed by atoms with Crippen LogP contribution >= 0.6 is 11.3 Å². The lowest BCUT2D eigenvalue weighted by Crippen LogP contribution is -2.20. The van der Waals surface area contributed by atoms with Crippen LogP contribution in [-0.2, 0) is 0 Å². The summed E-state index contributed by atoms with van der Waals surface area (Å²) < 4.78 is 0. The van der Waals surface area contributed by atoms with E-state index in [1.165, 1.54) is 35.3 Å². The number of aryl methyl sites for hydroxylation is 4. The second-order valence-electron chi connectivity index (χ2n) is 7.28. The number of hydrogen-bond acceptors (Lipinski definition) is 5. The van der Waals surface area contributed by atoms with Crippen LogP contribution < -0.4 is 10.2 Å². The number of carbonyl (C=O) groups excluding carboxylic acids is 1. The molecule has 140 valence electrons. The van der Waals surface area contributed by atoms with Crippen molar-refractivity contribution in [1.29, 1.82) is 0 Å². The van der Waals surface area contributed by atoms with Gasteiger partial charge >= 0.3 is 0 Å². The van der Waals surface area contributed by atoms with Crippen LogP contribution in [0.2, 0.25) is 0 Å². The zero-order valence-corrected chi connectivity index (χ0v) is 17.0. The van der Waals surface area contributed by atoms with Gasteiger partial charge in [-0.25, -0.2) is 9.97 Å². The maximum atomic E-state index is 13.0. The molecule has 3 heterocycles. The van der Waals surface area contributed by atoms with Crippen LogP contribution in [0.3, 0.4) is 0 Å². The average Bonchev–Trinajstić information content (AvgIpc) is 3.26. The Hall–Kier alpha value is -2.47. The number of benzene rings is 1. The van der Waals surface area contributed by atoms with Crippen molar-refractivity contribution in [2.75, 3.05) is 23.3 Å². The number of fused-ring (bicyclic) bond motifs is 1. The molecule has 0 spiro atoms. The molecule has 2 aromatic heterocycles. The predicted molar refractivity (Wildman–Crippen MR) is 112 cm³/mol. The fraction of sp³-hybridized carbons (Fsp3) is 0.381. The van der Waals surface area contributed by atoms with Crippen LogP contribution in [0.25, 0.3) is 10.2 Å². The topological polar surface area (TPSA) is 58.1 Å². The highest BCUT2D eigenvalue weighted by Gasteiger charge is 2.24. The Morgan fingerprint density at radius 1 is 1.07 bits per heavy atom. The molecule has 0 aliphatic carbocycles. The second-order valence-corrected chi connectivity index (χ2v) is 8.28. The molecule has 1 aliphatic heterocycles. The van der Waals surface area contributed by atoms with Gasteiger partial charge in [-0.05, 0) is 69.4 Å². The molecular formula is C21H24N4OS. The highest BCUT2D eigenvalue weighted by molar-refractivity contribution is 7.20. The van der Waals surface area contributed by atoms with Crippen molar-refractivity contribution < 1.29 is 4.79 Å². The Labute approximate surface area is 163 Å². The number of thiophene rings is 1. The van der Waals surface area contributed by atoms with E-state index in [2.05, 4.69) is 29.0 Å². The molecule has 1 amide bonds. The Kier molecular flexibility index (Phi) is 4.60. The molecule has 1 N–H and O–H groups in total. The molecule has 5 nitrogen and oxygen atoms in total. The minimum Gasteiger partial charge on any atom is -0.356 e. The van der Waals surface area contributed by atoms with Gasteiger partial charge in [0.1, 0.15) is 16.5 Å². The van der Waals surface area contributed by atoms with Gasteiger partial charge in [0.05, 0.1) is 10.3 Å². The molecule has 27 heavy (non-hydrogen) atoms. The van der Waals surface area contributed by atoms with Crippen LogP contribution in [0.15, 0.2) is 18.2 Å². The molecule has 6 heteroatoms. The van der Waals surface area contributed by atoms with Crippen molar-refractivity contribution in [3.63, 3.8) is 0 Å². The van der Waals surface area contributed by atoms with Gasteiger partial charge in [0.2, 0.25) is 0 Å². The van der Waals surface area contributed by atoms with Gasteiger partial charge in [0.15, 0.2) is 0 Å². The summed E-state index contributed by atoms with van der Waals surface area (Å²) in [7, 11) is 0. The average molecular weight is 381 g/mol. The number of aromatic nitrogens is 2. The van der Waals surface area contributed by atoms with E-state index in [0.29, 0.717) is 4.88 Å². The molecular weight excluding hydrogens is 356 g/mol. The number of nitrogens with zero attached hydrogens (tertiary/aromatic N) is 3. The number of carbonyl (C=O) groups is 1. The maximum absolute atomic E-state index is 13.0. The van der Waals surface area contributed by atoms with Gasteiger partial charge in [-0.3, -0.25) is 4.79 Å². The van der Waals surface area contributed by atoms with Gasteiger partial charge in [-0.15, -0.1) is 11.3 Å². The van der Waals surface area contributed by atoms with Crippen LogP contribution in [-0.4, -0.2) is 29.0 Å². The third-order valence-corrected chi connectivity index (χ3v) is 6.44. The first-order valence-electron chi connectivity index (χ1n) is 9.35. The summed E-state index contributed by atoms with van der Waals surface area (Å²) in [5.41, 5.74) is 4.17. The monoisotopic (exact) mass is 380 g/mol. The fourth-order valence-electron chi connectivity index (χ4n) is 3.60. The number of anilines is 2. The van der Waals surface area contributed by atoms with Crippen molar-refractivity contribution in [2.45, 2.75) is 40.5 Å². The lowest BCUT2D eigenvalue weighted by atomic mass is 10.1. The van der Waals surface area contributed by atoms with Crippen molar-refractivity contribution in [3.05, 3.63) is 45.6 Å². The minimum absolute atomic E-state index is 0.0798. The first-order valence-corrected chi connectivity index (χ1v) is 10.2. The van der Waals surface area contributed by atoms with Crippen molar-refractivity contribution in [1.82, 2.24) is 9.97 Å². The van der Waals surface area contributed by atoms with Crippen molar-refractivity contribution in [2.24, 2.45) is 0 Å². The third-order valence-electron chi connectivity index (χ3n) is 5.26. The molecule has 0 atom stereocenters. The minimum atomic E-state index is -0.0798. The highest BCUT2D eigenvalue weighted by atomic mass is 32.1. The number of amides is 1. The number of rotatable bonds is 3. The summed E-state index contributed by atoms with van der Waals surface area (Å²) in [6.07, 6.45) is 2.38. The van der Waals surface area contributed by atoms with Crippen molar-refractivity contribution >= 4 is 39.0 Å². The van der Waals surface area contributed by atoms with E-state index >= 15 is 0 Å². The van der Waals surface area contributed by atoms with Gasteiger partial charge in [-0.2, -0.15) is 0 Å². The Morgan fingerprint density at radius 2 is 1.81 bits per heavy atom. The van der Waals surface area contributed by atoms with Crippen LogP contribution in [0, 0.1) is 27.7 Å². The first kappa shape index (κ1) is 17.9. The summed E-state index contributed by atoms with van der Waals surface area (Å²) >= 11 is 1.46. The van der Waals surface area contributed by atoms with E-state index in [1.54, 1.807) is 0 Å². The fourth-order valence-corrected chi connectivity index (χ4v) is 4.72. The SMILES string of the molecule is Cc1nc(N2CCCC2)c2c(C)c(C(=O)Nc3ccc(C)c(C)c3)sc2n1. The van der Waals surface area contributed by atoms with Gasteiger partial charge in [0, 0.05) is 18.8 Å². The summed E-state index contributed by atoms with van der Waals surface area (Å²) in [6, 6.07) is 5.99. The second kappa shape index (κ2) is 6.93. The Bertz CT molecular complexity index is 1030. The summed E-state index contributed by atoms with van der Waals surface area (Å²) in [5.74, 6) is 1.66. The smallest absolute Gasteiger partial charge is 0.266 e. The zero-order valence-electron chi connectivity index (χ0n) is 16.2. The molecule has 0 bridgehead atoms. The number of nitrogens with one attached hydrogen (secondary N) is 1. The van der Waals surface area contributed by atoms with E-state index in [9.17, 15) is 4.79 Å².